The predicted molar refractivity (Wildman–Crippen MR) is 120 cm³/mol. The Morgan fingerprint density at radius 3 is 1.83 bits per heavy atom. The Morgan fingerprint density at radius 1 is 0.600 bits per heavy atom. The quantitative estimate of drug-likeness (QED) is 0.242. The zero-order valence-corrected chi connectivity index (χ0v) is 16.6. The second kappa shape index (κ2) is 6.13. The first-order valence-corrected chi connectivity index (χ1v) is 10.2. The average Bonchev–Trinajstić information content (AvgIpc) is 2.98. The van der Waals surface area contributed by atoms with Crippen molar-refractivity contribution in [1.29, 1.82) is 0 Å². The van der Waals surface area contributed by atoms with Crippen LogP contribution in [0.15, 0.2) is 91.0 Å². The first kappa shape index (κ1) is 17.6. The average molecular weight is 413 g/mol. The zero-order chi connectivity index (χ0) is 20.5. The van der Waals surface area contributed by atoms with Crippen molar-refractivity contribution in [3.05, 3.63) is 107 Å². The van der Waals surface area contributed by atoms with Crippen molar-refractivity contribution < 1.29 is 8.78 Å². The lowest BCUT2D eigenvalue weighted by molar-refractivity contribution is 0.0480. The molecule has 0 aliphatic heterocycles. The van der Waals surface area contributed by atoms with Gasteiger partial charge in [0.1, 0.15) is 0 Å². The summed E-state index contributed by atoms with van der Waals surface area (Å²) in [5.41, 5.74) is 3.09. The summed E-state index contributed by atoms with van der Waals surface area (Å²) in [7, 11) is 0. The summed E-state index contributed by atoms with van der Waals surface area (Å²) in [5, 5.41) is 4.92. The molecule has 0 atom stereocenters. The molecule has 1 aliphatic carbocycles. The van der Waals surface area contributed by atoms with Gasteiger partial charge in [0.2, 0.25) is 0 Å². The summed E-state index contributed by atoms with van der Waals surface area (Å²) >= 11 is 6.15. The van der Waals surface area contributed by atoms with Crippen LogP contribution in [0, 0.1) is 0 Å². The zero-order valence-electron chi connectivity index (χ0n) is 15.8. The van der Waals surface area contributed by atoms with Gasteiger partial charge in [-0.15, -0.1) is 0 Å². The number of alkyl halides is 2. The maximum absolute atomic E-state index is 15.1. The van der Waals surface area contributed by atoms with E-state index >= 15 is 8.78 Å². The van der Waals surface area contributed by atoms with Gasteiger partial charge in [-0.3, -0.25) is 0 Å². The lowest BCUT2D eigenvalue weighted by Gasteiger charge is -2.15. The van der Waals surface area contributed by atoms with Crippen molar-refractivity contribution in [3.63, 3.8) is 0 Å². The van der Waals surface area contributed by atoms with Crippen molar-refractivity contribution in [3.8, 4) is 22.3 Å². The molecule has 144 valence electrons. The lowest BCUT2D eigenvalue weighted by Crippen LogP contribution is -2.10. The number of rotatable bonds is 1. The second-order valence-electron chi connectivity index (χ2n) is 7.72. The number of fused-ring (bicyclic) bond motifs is 5. The third-order valence-corrected chi connectivity index (χ3v) is 6.26. The van der Waals surface area contributed by atoms with E-state index in [0.717, 1.165) is 32.7 Å². The Morgan fingerprint density at radius 2 is 1.17 bits per heavy atom. The van der Waals surface area contributed by atoms with Crippen molar-refractivity contribution in [1.82, 2.24) is 0 Å². The summed E-state index contributed by atoms with van der Waals surface area (Å²) in [6.45, 7) is 0. The van der Waals surface area contributed by atoms with Crippen LogP contribution < -0.4 is 0 Å². The summed E-state index contributed by atoms with van der Waals surface area (Å²) in [6, 6.07) is 28.4. The van der Waals surface area contributed by atoms with E-state index in [1.54, 1.807) is 12.1 Å². The van der Waals surface area contributed by atoms with Gasteiger partial charge in [-0.1, -0.05) is 78.3 Å². The Labute approximate surface area is 177 Å². The normalized spacial score (nSPS) is 14.1. The lowest BCUT2D eigenvalue weighted by atomic mass is 9.90. The SMILES string of the molecule is FC1(F)c2ccc(Cl)cc2-c2cc(-c3c4ccccc4cc4ccccc34)ccc21. The van der Waals surface area contributed by atoms with Crippen LogP contribution in [0.25, 0.3) is 43.8 Å². The highest BCUT2D eigenvalue weighted by Crippen LogP contribution is 2.52. The fourth-order valence-corrected chi connectivity index (χ4v) is 4.85. The topological polar surface area (TPSA) is 0 Å². The van der Waals surface area contributed by atoms with Crippen LogP contribution in [0.1, 0.15) is 11.1 Å². The maximum atomic E-state index is 15.1. The molecule has 0 unspecified atom stereocenters. The molecule has 1 aliphatic rings. The van der Waals surface area contributed by atoms with E-state index in [2.05, 4.69) is 30.3 Å². The molecule has 6 rings (SSSR count). The molecule has 0 spiro atoms. The molecular weight excluding hydrogens is 398 g/mol. The van der Waals surface area contributed by atoms with E-state index in [1.165, 1.54) is 12.1 Å². The minimum atomic E-state index is -3.02. The van der Waals surface area contributed by atoms with E-state index in [4.69, 9.17) is 11.6 Å². The van der Waals surface area contributed by atoms with Crippen LogP contribution in [0.3, 0.4) is 0 Å². The molecule has 5 aromatic rings. The van der Waals surface area contributed by atoms with Gasteiger partial charge in [0.15, 0.2) is 0 Å². The first-order valence-electron chi connectivity index (χ1n) is 9.78. The molecule has 5 aromatic carbocycles. The number of hydrogen-bond acceptors (Lipinski definition) is 0. The van der Waals surface area contributed by atoms with E-state index in [9.17, 15) is 0 Å². The fraction of sp³-hybridized carbons (Fsp3) is 0.0370. The fourth-order valence-electron chi connectivity index (χ4n) is 4.68. The van der Waals surface area contributed by atoms with E-state index in [0.29, 0.717) is 16.1 Å². The van der Waals surface area contributed by atoms with E-state index in [1.807, 2.05) is 36.4 Å². The summed E-state index contributed by atoms with van der Waals surface area (Å²) in [6.07, 6.45) is 0. The van der Waals surface area contributed by atoms with Gasteiger partial charge in [-0.2, -0.15) is 8.78 Å². The van der Waals surface area contributed by atoms with Gasteiger partial charge in [0.05, 0.1) is 0 Å². The van der Waals surface area contributed by atoms with Crippen LogP contribution in [0.4, 0.5) is 8.78 Å². The maximum Gasteiger partial charge on any atom is 0.299 e. The molecule has 0 N–H and O–H groups in total. The molecular formula is C27H15ClF2. The largest absolute Gasteiger partial charge is 0.299 e. The third-order valence-electron chi connectivity index (χ3n) is 6.03. The van der Waals surface area contributed by atoms with Crippen molar-refractivity contribution in [2.45, 2.75) is 5.92 Å². The number of halogens is 3. The Bertz CT molecular complexity index is 1430. The van der Waals surface area contributed by atoms with E-state index < -0.39 is 5.92 Å². The molecule has 0 saturated carbocycles. The Balaban J connectivity index is 1.70. The molecule has 0 fully saturated rings. The minimum Gasteiger partial charge on any atom is -0.196 e. The Hall–Kier alpha value is -3.23. The van der Waals surface area contributed by atoms with Crippen molar-refractivity contribution in [2.24, 2.45) is 0 Å². The highest BCUT2D eigenvalue weighted by molar-refractivity contribution is 6.31. The van der Waals surface area contributed by atoms with Gasteiger partial charge >= 0.3 is 0 Å². The van der Waals surface area contributed by atoms with Gasteiger partial charge < -0.3 is 0 Å². The van der Waals surface area contributed by atoms with E-state index in [-0.39, 0.29) is 11.1 Å². The van der Waals surface area contributed by atoms with Crippen molar-refractivity contribution >= 4 is 33.1 Å². The van der Waals surface area contributed by atoms with Gasteiger partial charge in [-0.25, -0.2) is 0 Å². The number of benzene rings is 5. The highest BCUT2D eigenvalue weighted by atomic mass is 35.5. The third kappa shape index (κ3) is 2.37. The van der Waals surface area contributed by atoms with Gasteiger partial charge in [-0.05, 0) is 68.1 Å². The minimum absolute atomic E-state index is 0.0156. The molecule has 30 heavy (non-hydrogen) atoms. The summed E-state index contributed by atoms with van der Waals surface area (Å²) < 4.78 is 30.1. The van der Waals surface area contributed by atoms with Crippen LogP contribution in [0.5, 0.6) is 0 Å². The molecule has 0 radical (unpaired) electrons. The van der Waals surface area contributed by atoms with Crippen LogP contribution in [-0.2, 0) is 5.92 Å². The molecule has 0 aromatic heterocycles. The predicted octanol–water partition coefficient (Wildman–Crippen LogP) is 8.43. The first-order chi connectivity index (χ1) is 14.5. The smallest absolute Gasteiger partial charge is 0.196 e. The van der Waals surface area contributed by atoms with Gasteiger partial charge in [0, 0.05) is 16.1 Å². The summed E-state index contributed by atoms with van der Waals surface area (Å²) in [5.74, 6) is -3.02. The molecule has 0 bridgehead atoms. The molecule has 3 heteroatoms. The molecule has 0 heterocycles. The number of hydrogen-bond donors (Lipinski definition) is 0. The monoisotopic (exact) mass is 412 g/mol. The summed E-state index contributed by atoms with van der Waals surface area (Å²) in [4.78, 5) is 0. The van der Waals surface area contributed by atoms with Crippen molar-refractivity contribution in [2.75, 3.05) is 0 Å². The molecule has 0 saturated heterocycles. The standard InChI is InChI=1S/C27H15ClF2/c28-19-10-12-25-23(15-19)22-14-18(9-11-24(22)27(25,29)30)26-20-7-3-1-5-16(20)13-17-6-2-4-8-21(17)26/h1-15H. The second-order valence-corrected chi connectivity index (χ2v) is 8.15. The molecule has 0 nitrogen and oxygen atoms in total. The molecule has 0 amide bonds. The van der Waals surface area contributed by atoms with Crippen LogP contribution in [0.2, 0.25) is 5.02 Å². The Kier molecular flexibility index (Phi) is 3.60. The van der Waals surface area contributed by atoms with Crippen LogP contribution >= 0.6 is 11.6 Å². The highest BCUT2D eigenvalue weighted by Gasteiger charge is 2.44. The van der Waals surface area contributed by atoms with Gasteiger partial charge in [0.25, 0.3) is 5.92 Å². The van der Waals surface area contributed by atoms with Crippen LogP contribution in [-0.4, -0.2) is 0 Å².